The zero-order valence-corrected chi connectivity index (χ0v) is 11.6. The first-order valence-corrected chi connectivity index (χ1v) is 6.06. The maximum Gasteiger partial charge on any atom is 0.122 e. The van der Waals surface area contributed by atoms with E-state index in [1.807, 2.05) is 26.2 Å². The normalized spacial score (nSPS) is 12.9. The summed E-state index contributed by atoms with van der Waals surface area (Å²) in [6.07, 6.45) is 0. The highest BCUT2D eigenvalue weighted by molar-refractivity contribution is 9.10. The first-order valence-electron chi connectivity index (χ1n) is 5.26. The molecule has 0 saturated carbocycles. The van der Waals surface area contributed by atoms with Crippen LogP contribution in [0.4, 0.5) is 0 Å². The molecule has 4 heteroatoms. The molecule has 0 heterocycles. The fourth-order valence-corrected chi connectivity index (χ4v) is 2.14. The van der Waals surface area contributed by atoms with Crippen LogP contribution < -0.4 is 10.5 Å². The largest absolute Gasteiger partial charge is 0.496 e. The summed E-state index contributed by atoms with van der Waals surface area (Å²) < 4.78 is 6.43. The maximum absolute atomic E-state index is 5.83. The highest BCUT2D eigenvalue weighted by atomic mass is 79.9. The van der Waals surface area contributed by atoms with E-state index >= 15 is 0 Å². The third-order valence-corrected chi connectivity index (χ3v) is 2.99. The van der Waals surface area contributed by atoms with Gasteiger partial charge >= 0.3 is 0 Å². The number of nitrogens with two attached hydrogens (primary N) is 1. The van der Waals surface area contributed by atoms with Crippen LogP contribution in [0.5, 0.6) is 5.75 Å². The van der Waals surface area contributed by atoms with Gasteiger partial charge in [-0.25, -0.2) is 0 Å². The van der Waals surface area contributed by atoms with Crippen molar-refractivity contribution in [3.05, 3.63) is 28.2 Å². The topological polar surface area (TPSA) is 38.5 Å². The van der Waals surface area contributed by atoms with Crippen molar-refractivity contribution in [3.8, 4) is 5.75 Å². The van der Waals surface area contributed by atoms with E-state index < -0.39 is 0 Å². The van der Waals surface area contributed by atoms with Gasteiger partial charge in [-0.1, -0.05) is 15.9 Å². The van der Waals surface area contributed by atoms with Crippen molar-refractivity contribution in [3.63, 3.8) is 0 Å². The van der Waals surface area contributed by atoms with Crippen LogP contribution >= 0.6 is 15.9 Å². The number of benzene rings is 1. The van der Waals surface area contributed by atoms with E-state index in [2.05, 4.69) is 26.9 Å². The van der Waals surface area contributed by atoms with Gasteiger partial charge in [0.1, 0.15) is 5.75 Å². The summed E-state index contributed by atoms with van der Waals surface area (Å²) in [7, 11) is 5.79. The molecule has 1 atom stereocenters. The number of rotatable bonds is 5. The summed E-state index contributed by atoms with van der Waals surface area (Å²) in [5.74, 6) is 1.20. The summed E-state index contributed by atoms with van der Waals surface area (Å²) >= 11 is 3.48. The molecule has 0 fully saturated rings. The molecular formula is C12H19BrN2O. The maximum atomic E-state index is 5.83. The number of hydrogen-bond acceptors (Lipinski definition) is 3. The van der Waals surface area contributed by atoms with Crippen LogP contribution in [-0.2, 0) is 0 Å². The molecule has 1 aromatic carbocycles. The number of hydrogen-bond donors (Lipinski definition) is 1. The van der Waals surface area contributed by atoms with Crippen molar-refractivity contribution < 1.29 is 4.74 Å². The van der Waals surface area contributed by atoms with Gasteiger partial charge in [-0.05, 0) is 32.3 Å². The fraction of sp³-hybridized carbons (Fsp3) is 0.500. The molecule has 0 aromatic heterocycles. The van der Waals surface area contributed by atoms with Crippen LogP contribution in [0.3, 0.4) is 0 Å². The minimum Gasteiger partial charge on any atom is -0.496 e. The van der Waals surface area contributed by atoms with Crippen molar-refractivity contribution in [1.82, 2.24) is 4.90 Å². The Hall–Kier alpha value is -0.580. The van der Waals surface area contributed by atoms with Crippen molar-refractivity contribution in [1.29, 1.82) is 0 Å². The zero-order valence-electron chi connectivity index (χ0n) is 10.0. The van der Waals surface area contributed by atoms with E-state index in [4.69, 9.17) is 10.5 Å². The average molecular weight is 287 g/mol. The second-order valence-corrected chi connectivity index (χ2v) is 5.00. The molecule has 90 valence electrons. The van der Waals surface area contributed by atoms with Gasteiger partial charge in [0.15, 0.2) is 0 Å². The zero-order chi connectivity index (χ0) is 12.1. The predicted molar refractivity (Wildman–Crippen MR) is 71.0 cm³/mol. The average Bonchev–Trinajstić information content (AvgIpc) is 2.25. The van der Waals surface area contributed by atoms with E-state index in [0.29, 0.717) is 12.5 Å². The Kier molecular flexibility index (Phi) is 5.25. The van der Waals surface area contributed by atoms with Crippen LogP contribution in [0.15, 0.2) is 22.7 Å². The van der Waals surface area contributed by atoms with Crippen LogP contribution in [0, 0.1) is 0 Å². The van der Waals surface area contributed by atoms with Crippen molar-refractivity contribution in [2.75, 3.05) is 34.3 Å². The second kappa shape index (κ2) is 6.23. The summed E-state index contributed by atoms with van der Waals surface area (Å²) in [6.45, 7) is 1.54. The molecule has 0 saturated heterocycles. The van der Waals surface area contributed by atoms with E-state index in [1.165, 1.54) is 0 Å². The molecule has 1 rings (SSSR count). The quantitative estimate of drug-likeness (QED) is 0.901. The number of ether oxygens (including phenoxy) is 1. The Balaban J connectivity index is 3.02. The number of methoxy groups -OCH3 is 1. The van der Waals surface area contributed by atoms with Crippen molar-refractivity contribution in [2.45, 2.75) is 5.92 Å². The molecule has 0 aliphatic heterocycles. The van der Waals surface area contributed by atoms with Crippen LogP contribution in [0.1, 0.15) is 11.5 Å². The molecule has 0 aliphatic rings. The standard InChI is InChI=1S/C12H19BrN2O/c1-15(2)8-9(7-14)11-6-10(13)4-5-12(11)16-3/h4-6,9H,7-8,14H2,1-3H3. The first kappa shape index (κ1) is 13.5. The molecule has 0 radical (unpaired) electrons. The first-order chi connectivity index (χ1) is 7.58. The van der Waals surface area contributed by atoms with Gasteiger partial charge in [0.05, 0.1) is 7.11 Å². The highest BCUT2D eigenvalue weighted by Crippen LogP contribution is 2.29. The van der Waals surface area contributed by atoms with Gasteiger partial charge in [-0.3, -0.25) is 0 Å². The van der Waals surface area contributed by atoms with Gasteiger partial charge in [0.2, 0.25) is 0 Å². The number of nitrogens with zero attached hydrogens (tertiary/aromatic N) is 1. The summed E-state index contributed by atoms with van der Waals surface area (Å²) in [5, 5.41) is 0. The lowest BCUT2D eigenvalue weighted by molar-refractivity contribution is 0.361. The third kappa shape index (κ3) is 3.47. The molecule has 0 bridgehead atoms. The van der Waals surface area contributed by atoms with Gasteiger partial charge in [-0.2, -0.15) is 0 Å². The Morgan fingerprint density at radius 2 is 2.12 bits per heavy atom. The lowest BCUT2D eigenvalue weighted by Crippen LogP contribution is -2.26. The molecule has 1 unspecified atom stereocenters. The minimum absolute atomic E-state index is 0.294. The minimum atomic E-state index is 0.294. The monoisotopic (exact) mass is 286 g/mol. The van der Waals surface area contributed by atoms with Crippen molar-refractivity contribution >= 4 is 15.9 Å². The van der Waals surface area contributed by atoms with E-state index in [0.717, 1.165) is 22.3 Å². The van der Waals surface area contributed by atoms with Crippen LogP contribution in [-0.4, -0.2) is 39.2 Å². The highest BCUT2D eigenvalue weighted by Gasteiger charge is 2.15. The lowest BCUT2D eigenvalue weighted by Gasteiger charge is -2.22. The van der Waals surface area contributed by atoms with Gasteiger partial charge in [-0.15, -0.1) is 0 Å². The van der Waals surface area contributed by atoms with E-state index in [1.54, 1.807) is 7.11 Å². The Bertz CT molecular complexity index is 342. The Morgan fingerprint density at radius 3 is 2.62 bits per heavy atom. The van der Waals surface area contributed by atoms with E-state index in [9.17, 15) is 0 Å². The van der Waals surface area contributed by atoms with Gasteiger partial charge in [0.25, 0.3) is 0 Å². The SMILES string of the molecule is COc1ccc(Br)cc1C(CN)CN(C)C. The molecule has 0 amide bonds. The number of halogens is 1. The smallest absolute Gasteiger partial charge is 0.122 e. The van der Waals surface area contributed by atoms with Crippen LogP contribution in [0.25, 0.3) is 0 Å². The van der Waals surface area contributed by atoms with Crippen molar-refractivity contribution in [2.24, 2.45) is 5.73 Å². The molecule has 1 aromatic rings. The van der Waals surface area contributed by atoms with Gasteiger partial charge in [0, 0.05) is 29.0 Å². The summed E-state index contributed by atoms with van der Waals surface area (Å²) in [6, 6.07) is 6.03. The Labute approximate surface area is 106 Å². The molecule has 2 N–H and O–H groups in total. The fourth-order valence-electron chi connectivity index (χ4n) is 1.76. The third-order valence-electron chi connectivity index (χ3n) is 2.50. The molecule has 0 spiro atoms. The van der Waals surface area contributed by atoms with Gasteiger partial charge < -0.3 is 15.4 Å². The molecule has 3 nitrogen and oxygen atoms in total. The number of likely N-dealkylation sites (N-methyl/N-ethyl adjacent to an activating group) is 1. The predicted octanol–water partition coefficient (Wildman–Crippen LogP) is 2.06. The summed E-state index contributed by atoms with van der Waals surface area (Å²) in [5.41, 5.74) is 6.99. The van der Waals surface area contributed by atoms with Crippen LogP contribution in [0.2, 0.25) is 0 Å². The molecule has 16 heavy (non-hydrogen) atoms. The lowest BCUT2D eigenvalue weighted by atomic mass is 9.98. The second-order valence-electron chi connectivity index (χ2n) is 4.08. The molecule has 0 aliphatic carbocycles. The molecular weight excluding hydrogens is 268 g/mol. The Morgan fingerprint density at radius 1 is 1.44 bits per heavy atom. The summed E-state index contributed by atoms with van der Waals surface area (Å²) in [4.78, 5) is 2.14. The van der Waals surface area contributed by atoms with E-state index in [-0.39, 0.29) is 0 Å².